The van der Waals surface area contributed by atoms with Crippen LogP contribution in [0.3, 0.4) is 0 Å². The smallest absolute Gasteiger partial charge is 0.246 e. The predicted octanol–water partition coefficient (Wildman–Crippen LogP) is 1.91. The van der Waals surface area contributed by atoms with Gasteiger partial charge in [0, 0.05) is 18.8 Å². The van der Waals surface area contributed by atoms with Gasteiger partial charge in [-0.25, -0.2) is 4.39 Å². The first kappa shape index (κ1) is 11.6. The molecule has 15 heavy (non-hydrogen) atoms. The number of hydrogen-bond acceptors (Lipinski definition) is 3. The predicted molar refractivity (Wildman–Crippen MR) is 52.4 cm³/mol. The van der Waals surface area contributed by atoms with Gasteiger partial charge in [-0.2, -0.15) is 0 Å². The highest BCUT2D eigenvalue weighted by Crippen LogP contribution is 2.27. The molecule has 0 radical (unpaired) electrons. The molecule has 82 valence electrons. The third-order valence-electron chi connectivity index (χ3n) is 2.33. The molecular weight excluding hydrogens is 201 g/mol. The van der Waals surface area contributed by atoms with Crippen molar-refractivity contribution in [2.75, 3.05) is 0 Å². The Morgan fingerprint density at radius 2 is 1.87 bits per heavy atom. The van der Waals surface area contributed by atoms with Gasteiger partial charge in [-0.15, -0.1) is 0 Å². The summed E-state index contributed by atoms with van der Waals surface area (Å²) in [4.78, 5) is 10.1. The molecule has 0 spiro atoms. The Bertz CT molecular complexity index is 361. The second-order valence-electron chi connectivity index (χ2n) is 3.86. The van der Waals surface area contributed by atoms with Gasteiger partial charge in [-0.3, -0.25) is 10.1 Å². The summed E-state index contributed by atoms with van der Waals surface area (Å²) in [5, 5.41) is 20.4. The minimum atomic E-state index is -1.49. The summed E-state index contributed by atoms with van der Waals surface area (Å²) in [5.41, 5.74) is -1.16. The molecule has 1 rings (SSSR count). The normalized spacial score (nSPS) is 13.6. The molecule has 0 aliphatic heterocycles. The molecule has 0 fully saturated rings. The van der Waals surface area contributed by atoms with Gasteiger partial charge in [0.1, 0.15) is 11.9 Å². The molecule has 0 aliphatic carbocycles. The first-order valence-corrected chi connectivity index (χ1v) is 4.43. The van der Waals surface area contributed by atoms with Crippen LogP contribution in [0.5, 0.6) is 0 Å². The number of halogens is 1. The summed E-state index contributed by atoms with van der Waals surface area (Å²) < 4.78 is 12.6. The molecule has 1 aromatic rings. The molecule has 0 aliphatic rings. The fraction of sp³-hybridized carbons (Fsp3) is 0.400. The SMILES string of the molecule is CC(C)([C@@H](O)c1ccc(F)cc1)[N+](=O)[O-]. The number of nitrogens with zero attached hydrogens (tertiary/aromatic N) is 1. The monoisotopic (exact) mass is 213 g/mol. The third kappa shape index (κ3) is 2.30. The Hall–Kier alpha value is -1.49. The molecule has 0 saturated heterocycles. The van der Waals surface area contributed by atoms with Crippen molar-refractivity contribution in [2.45, 2.75) is 25.5 Å². The maximum absolute atomic E-state index is 12.6. The van der Waals surface area contributed by atoms with Crippen LogP contribution in [0.2, 0.25) is 0 Å². The largest absolute Gasteiger partial charge is 0.381 e. The Balaban J connectivity index is 2.99. The molecule has 0 aromatic heterocycles. The molecule has 5 heteroatoms. The van der Waals surface area contributed by atoms with Crippen molar-refractivity contribution in [1.29, 1.82) is 0 Å². The number of nitro groups is 1. The van der Waals surface area contributed by atoms with Gasteiger partial charge >= 0.3 is 0 Å². The molecule has 0 amide bonds. The van der Waals surface area contributed by atoms with Gasteiger partial charge in [0.2, 0.25) is 5.54 Å². The second-order valence-corrected chi connectivity index (χ2v) is 3.86. The summed E-state index contributed by atoms with van der Waals surface area (Å²) in [5.74, 6) is -0.440. The Morgan fingerprint density at radius 3 is 2.27 bits per heavy atom. The van der Waals surface area contributed by atoms with Crippen LogP contribution in [0.1, 0.15) is 25.5 Å². The summed E-state index contributed by atoms with van der Waals surface area (Å²) in [6, 6.07) is 5.00. The first-order valence-electron chi connectivity index (χ1n) is 4.43. The van der Waals surface area contributed by atoms with E-state index in [-0.39, 0.29) is 0 Å². The van der Waals surface area contributed by atoms with Gasteiger partial charge in [0.25, 0.3) is 0 Å². The third-order valence-corrected chi connectivity index (χ3v) is 2.33. The highest BCUT2D eigenvalue weighted by atomic mass is 19.1. The van der Waals surface area contributed by atoms with E-state index in [1.54, 1.807) is 0 Å². The average Bonchev–Trinajstić information content (AvgIpc) is 2.17. The van der Waals surface area contributed by atoms with Gasteiger partial charge < -0.3 is 5.11 Å². The molecule has 1 atom stereocenters. The summed E-state index contributed by atoms with van der Waals surface area (Å²) >= 11 is 0. The summed E-state index contributed by atoms with van der Waals surface area (Å²) in [6.45, 7) is 2.64. The van der Waals surface area contributed by atoms with Crippen LogP contribution in [-0.4, -0.2) is 15.6 Å². The van der Waals surface area contributed by atoms with Crippen LogP contribution in [0.15, 0.2) is 24.3 Å². The quantitative estimate of drug-likeness (QED) is 0.616. The molecule has 1 N–H and O–H groups in total. The minimum absolute atomic E-state index is 0.332. The maximum Gasteiger partial charge on any atom is 0.246 e. The fourth-order valence-corrected chi connectivity index (χ4v) is 1.15. The van der Waals surface area contributed by atoms with E-state index in [9.17, 15) is 19.6 Å². The van der Waals surface area contributed by atoms with E-state index in [0.717, 1.165) is 12.1 Å². The van der Waals surface area contributed by atoms with Crippen LogP contribution in [-0.2, 0) is 0 Å². The van der Waals surface area contributed by atoms with Crippen LogP contribution < -0.4 is 0 Å². The van der Waals surface area contributed by atoms with E-state index in [2.05, 4.69) is 0 Å². The Kier molecular flexibility index (Phi) is 3.04. The molecule has 0 heterocycles. The van der Waals surface area contributed by atoms with E-state index in [1.165, 1.54) is 26.0 Å². The van der Waals surface area contributed by atoms with Crippen LogP contribution in [0.4, 0.5) is 4.39 Å². The van der Waals surface area contributed by atoms with Crippen molar-refractivity contribution in [1.82, 2.24) is 0 Å². The van der Waals surface area contributed by atoms with Crippen molar-refractivity contribution in [3.8, 4) is 0 Å². The van der Waals surface area contributed by atoms with E-state index in [0.29, 0.717) is 5.56 Å². The average molecular weight is 213 g/mol. The van der Waals surface area contributed by atoms with Gasteiger partial charge in [0.15, 0.2) is 0 Å². The molecule has 0 saturated carbocycles. The first-order chi connectivity index (χ1) is 6.85. The lowest BCUT2D eigenvalue weighted by atomic mass is 9.92. The highest BCUT2D eigenvalue weighted by molar-refractivity contribution is 5.20. The van der Waals surface area contributed by atoms with E-state index in [4.69, 9.17) is 0 Å². The van der Waals surface area contributed by atoms with Crippen molar-refractivity contribution < 1.29 is 14.4 Å². The lowest BCUT2D eigenvalue weighted by molar-refractivity contribution is -0.575. The number of benzene rings is 1. The van der Waals surface area contributed by atoms with Crippen molar-refractivity contribution in [3.63, 3.8) is 0 Å². The number of aliphatic hydroxyl groups excluding tert-OH is 1. The molecule has 0 unspecified atom stereocenters. The van der Waals surface area contributed by atoms with Crippen LogP contribution in [0, 0.1) is 15.9 Å². The van der Waals surface area contributed by atoms with Crippen molar-refractivity contribution in [2.24, 2.45) is 0 Å². The fourth-order valence-electron chi connectivity index (χ4n) is 1.15. The van der Waals surface area contributed by atoms with Gasteiger partial charge in [-0.1, -0.05) is 12.1 Å². The molecular formula is C10H12FNO3. The van der Waals surface area contributed by atoms with Crippen LogP contribution >= 0.6 is 0 Å². The van der Waals surface area contributed by atoms with Gasteiger partial charge in [-0.05, 0) is 17.7 Å². The standard InChI is InChI=1S/C10H12FNO3/c1-10(2,12(14)15)9(13)7-3-5-8(11)6-4-7/h3-6,9,13H,1-2H3/t9-/m0/s1. The Morgan fingerprint density at radius 1 is 1.40 bits per heavy atom. The van der Waals surface area contributed by atoms with E-state index in [1.807, 2.05) is 0 Å². The zero-order valence-corrected chi connectivity index (χ0v) is 8.48. The van der Waals surface area contributed by atoms with E-state index >= 15 is 0 Å². The van der Waals surface area contributed by atoms with Gasteiger partial charge in [0.05, 0.1) is 0 Å². The minimum Gasteiger partial charge on any atom is -0.381 e. The molecule has 4 nitrogen and oxygen atoms in total. The molecule has 0 bridgehead atoms. The molecule has 1 aromatic carbocycles. The lowest BCUT2D eigenvalue weighted by Gasteiger charge is -2.22. The van der Waals surface area contributed by atoms with E-state index < -0.39 is 22.4 Å². The summed E-state index contributed by atoms with van der Waals surface area (Å²) in [6.07, 6.45) is -1.26. The lowest BCUT2D eigenvalue weighted by Crippen LogP contribution is -2.38. The zero-order valence-electron chi connectivity index (χ0n) is 8.48. The topological polar surface area (TPSA) is 63.4 Å². The van der Waals surface area contributed by atoms with Crippen LogP contribution in [0.25, 0.3) is 0 Å². The second kappa shape index (κ2) is 3.94. The summed E-state index contributed by atoms with van der Waals surface area (Å²) in [7, 11) is 0. The van der Waals surface area contributed by atoms with Crippen molar-refractivity contribution >= 4 is 0 Å². The van der Waals surface area contributed by atoms with Crippen molar-refractivity contribution in [3.05, 3.63) is 45.8 Å². The number of hydrogen-bond donors (Lipinski definition) is 1. The number of aliphatic hydroxyl groups is 1. The number of rotatable bonds is 3. The highest BCUT2D eigenvalue weighted by Gasteiger charge is 2.40. The maximum atomic E-state index is 12.6. The zero-order chi connectivity index (χ0) is 11.6. The Labute approximate surface area is 86.5 Å².